The second-order valence-corrected chi connectivity index (χ2v) is 2.57. The van der Waals surface area contributed by atoms with Crippen LogP contribution in [0, 0.1) is 18.3 Å². The average Bonchev–Trinajstić information content (AvgIpc) is 2.37. The number of imidazole rings is 1. The van der Waals surface area contributed by atoms with Gasteiger partial charge in [0.2, 0.25) is 0 Å². The molecule has 0 amide bonds. The molecule has 4 heteroatoms. The number of hydrogen-bond acceptors (Lipinski definition) is 3. The maximum atomic E-state index is 8.50. The molecule has 0 unspecified atom stereocenters. The van der Waals surface area contributed by atoms with Crippen LogP contribution in [-0.2, 0) is 13.0 Å². The highest BCUT2D eigenvalue weighted by molar-refractivity contribution is 5.09. The third-order valence-corrected chi connectivity index (χ3v) is 1.75. The normalized spacial score (nSPS) is 9.75. The van der Waals surface area contributed by atoms with Gasteiger partial charge in [0.25, 0.3) is 0 Å². The number of aromatic nitrogens is 2. The molecule has 4 nitrogen and oxygen atoms in total. The van der Waals surface area contributed by atoms with Crippen LogP contribution in [0.5, 0.6) is 0 Å². The van der Waals surface area contributed by atoms with Crippen molar-refractivity contribution in [1.29, 1.82) is 5.26 Å². The Bertz CT molecular complexity index is 294. The number of nitrogens with two attached hydrogens (primary N) is 1. The van der Waals surface area contributed by atoms with Gasteiger partial charge in [0.05, 0.1) is 18.2 Å². The Hall–Kier alpha value is -1.34. The first-order valence-electron chi connectivity index (χ1n) is 3.87. The van der Waals surface area contributed by atoms with Gasteiger partial charge in [-0.25, -0.2) is 4.98 Å². The fraction of sp³-hybridized carbons (Fsp3) is 0.500. The van der Waals surface area contributed by atoms with E-state index in [1.54, 1.807) is 6.20 Å². The Balaban J connectivity index is 2.89. The summed E-state index contributed by atoms with van der Waals surface area (Å²) in [5, 5.41) is 8.50. The fourth-order valence-electron chi connectivity index (χ4n) is 1.17. The van der Waals surface area contributed by atoms with Gasteiger partial charge in [0, 0.05) is 19.3 Å². The summed E-state index contributed by atoms with van der Waals surface area (Å²) in [6, 6.07) is 2.09. The van der Waals surface area contributed by atoms with Crippen molar-refractivity contribution >= 4 is 0 Å². The molecule has 0 saturated carbocycles. The largest absolute Gasteiger partial charge is 0.330 e. The Labute approximate surface area is 71.6 Å². The second kappa shape index (κ2) is 3.88. The van der Waals surface area contributed by atoms with Crippen LogP contribution in [0.1, 0.15) is 11.5 Å². The van der Waals surface area contributed by atoms with E-state index < -0.39 is 0 Å². The molecule has 1 aromatic heterocycles. The second-order valence-electron chi connectivity index (χ2n) is 2.57. The highest BCUT2D eigenvalue weighted by Crippen LogP contribution is 2.04. The average molecular weight is 164 g/mol. The Morgan fingerprint density at radius 3 is 3.08 bits per heavy atom. The lowest BCUT2D eigenvalue weighted by atomic mass is 10.3. The van der Waals surface area contributed by atoms with Crippen LogP contribution in [0.25, 0.3) is 0 Å². The molecule has 1 heterocycles. The van der Waals surface area contributed by atoms with Gasteiger partial charge in [0.15, 0.2) is 0 Å². The molecule has 0 aromatic carbocycles. The predicted octanol–water partition coefficient (Wildman–Crippen LogP) is 0.216. The van der Waals surface area contributed by atoms with Gasteiger partial charge in [-0.1, -0.05) is 0 Å². The van der Waals surface area contributed by atoms with E-state index in [1.165, 1.54) is 0 Å². The van der Waals surface area contributed by atoms with E-state index in [4.69, 9.17) is 11.0 Å². The third kappa shape index (κ3) is 1.63. The zero-order chi connectivity index (χ0) is 8.97. The molecule has 64 valence electrons. The van der Waals surface area contributed by atoms with E-state index in [0.29, 0.717) is 13.0 Å². The maximum Gasteiger partial charge on any atom is 0.105 e. The minimum Gasteiger partial charge on any atom is -0.330 e. The first-order valence-corrected chi connectivity index (χ1v) is 3.87. The summed E-state index contributed by atoms with van der Waals surface area (Å²) in [5.74, 6) is 0.922. The summed E-state index contributed by atoms with van der Waals surface area (Å²) in [6.45, 7) is 3.23. The van der Waals surface area contributed by atoms with E-state index in [0.717, 1.165) is 18.1 Å². The van der Waals surface area contributed by atoms with Crippen LogP contribution in [0.2, 0.25) is 0 Å². The van der Waals surface area contributed by atoms with Gasteiger partial charge in [-0.3, -0.25) is 0 Å². The van der Waals surface area contributed by atoms with E-state index in [-0.39, 0.29) is 0 Å². The van der Waals surface area contributed by atoms with Gasteiger partial charge in [0.1, 0.15) is 5.82 Å². The highest BCUT2D eigenvalue weighted by Gasteiger charge is 2.03. The number of nitriles is 1. The van der Waals surface area contributed by atoms with E-state index >= 15 is 0 Å². The lowest BCUT2D eigenvalue weighted by Gasteiger charge is -2.05. The Morgan fingerprint density at radius 1 is 1.75 bits per heavy atom. The Kier molecular flexibility index (Phi) is 2.83. The molecule has 0 fully saturated rings. The molecule has 0 spiro atoms. The van der Waals surface area contributed by atoms with E-state index in [1.807, 2.05) is 11.5 Å². The lowest BCUT2D eigenvalue weighted by Crippen LogP contribution is -2.13. The van der Waals surface area contributed by atoms with Crippen LogP contribution in [0.4, 0.5) is 0 Å². The quantitative estimate of drug-likeness (QED) is 0.694. The van der Waals surface area contributed by atoms with Crippen molar-refractivity contribution < 1.29 is 0 Å². The molecule has 0 bridgehead atoms. The number of aryl methyl sites for hydroxylation is 1. The van der Waals surface area contributed by atoms with Gasteiger partial charge in [-0.15, -0.1) is 0 Å². The van der Waals surface area contributed by atoms with Crippen molar-refractivity contribution in [1.82, 2.24) is 9.55 Å². The van der Waals surface area contributed by atoms with Gasteiger partial charge >= 0.3 is 0 Å². The first-order chi connectivity index (χ1) is 5.79. The Morgan fingerprint density at radius 2 is 2.50 bits per heavy atom. The topological polar surface area (TPSA) is 67.6 Å². The number of hydrogen-bond donors (Lipinski definition) is 1. The number of nitrogens with zero attached hydrogens (tertiary/aromatic N) is 3. The SMILES string of the molecule is Cc1ncc(CC#N)n1CCN. The van der Waals surface area contributed by atoms with Crippen LogP contribution >= 0.6 is 0 Å². The monoisotopic (exact) mass is 164 g/mol. The fourth-order valence-corrected chi connectivity index (χ4v) is 1.17. The van der Waals surface area contributed by atoms with Crippen molar-refractivity contribution in [3.05, 3.63) is 17.7 Å². The van der Waals surface area contributed by atoms with Crippen molar-refractivity contribution in [2.24, 2.45) is 5.73 Å². The predicted molar refractivity (Wildman–Crippen MR) is 45.3 cm³/mol. The lowest BCUT2D eigenvalue weighted by molar-refractivity contribution is 0.660. The third-order valence-electron chi connectivity index (χ3n) is 1.75. The van der Waals surface area contributed by atoms with Gasteiger partial charge < -0.3 is 10.3 Å². The van der Waals surface area contributed by atoms with Crippen LogP contribution in [0.15, 0.2) is 6.20 Å². The zero-order valence-corrected chi connectivity index (χ0v) is 7.12. The minimum atomic E-state index is 0.404. The molecule has 0 atom stereocenters. The van der Waals surface area contributed by atoms with Crippen molar-refractivity contribution in [2.45, 2.75) is 19.9 Å². The molecule has 0 saturated heterocycles. The molecular weight excluding hydrogens is 152 g/mol. The highest BCUT2D eigenvalue weighted by atomic mass is 15.1. The minimum absolute atomic E-state index is 0.404. The van der Waals surface area contributed by atoms with Crippen LogP contribution < -0.4 is 5.73 Å². The van der Waals surface area contributed by atoms with Gasteiger partial charge in [-0.2, -0.15) is 5.26 Å². The maximum absolute atomic E-state index is 8.50. The molecule has 1 rings (SSSR count). The van der Waals surface area contributed by atoms with Crippen molar-refractivity contribution in [3.8, 4) is 6.07 Å². The van der Waals surface area contributed by atoms with Gasteiger partial charge in [-0.05, 0) is 6.92 Å². The van der Waals surface area contributed by atoms with Crippen LogP contribution in [-0.4, -0.2) is 16.1 Å². The van der Waals surface area contributed by atoms with Crippen molar-refractivity contribution in [2.75, 3.05) is 6.54 Å². The molecule has 0 aliphatic rings. The molecular formula is C8H12N4. The summed E-state index contributed by atoms with van der Waals surface area (Å²) < 4.78 is 1.98. The van der Waals surface area contributed by atoms with Crippen LogP contribution in [0.3, 0.4) is 0 Å². The summed E-state index contributed by atoms with van der Waals surface area (Å²) in [5.41, 5.74) is 6.37. The summed E-state index contributed by atoms with van der Waals surface area (Å²) >= 11 is 0. The standard InChI is InChI=1S/C8H12N4/c1-7-11-6-8(2-3-9)12(7)5-4-10/h6H,2,4-5,10H2,1H3. The smallest absolute Gasteiger partial charge is 0.105 e. The molecule has 12 heavy (non-hydrogen) atoms. The summed E-state index contributed by atoms with van der Waals surface area (Å²) in [4.78, 5) is 4.11. The zero-order valence-electron chi connectivity index (χ0n) is 7.12. The summed E-state index contributed by atoms with van der Waals surface area (Å²) in [6.07, 6.45) is 2.13. The molecule has 0 aliphatic heterocycles. The summed E-state index contributed by atoms with van der Waals surface area (Å²) in [7, 11) is 0. The van der Waals surface area contributed by atoms with E-state index in [9.17, 15) is 0 Å². The number of rotatable bonds is 3. The molecule has 2 N–H and O–H groups in total. The molecule has 1 aromatic rings. The molecule has 0 radical (unpaired) electrons. The van der Waals surface area contributed by atoms with E-state index in [2.05, 4.69) is 11.1 Å². The molecule has 0 aliphatic carbocycles. The first kappa shape index (κ1) is 8.75. The van der Waals surface area contributed by atoms with Crippen molar-refractivity contribution in [3.63, 3.8) is 0 Å².